The SMILES string of the molecule is CC(C)[Si](O[C@H]1CC=[N+]([O-])[C@@H]1C[C@@H](O)CO)(C(C)C)C(C)C. The van der Waals surface area contributed by atoms with Crippen LogP contribution < -0.4 is 0 Å². The van der Waals surface area contributed by atoms with Crippen molar-refractivity contribution in [3.63, 3.8) is 0 Å². The van der Waals surface area contributed by atoms with Crippen LogP contribution in [0.25, 0.3) is 0 Å². The standard InChI is InChI=1S/C16H33NO4Si/c1-11(2)22(12(3)4,13(5)6)21-16-7-8-17(20)15(16)9-14(19)10-18/h8,11-16,18-19H,7,9-10H2,1-6H3/t14-,15-,16+/m1/s1. The molecule has 3 atom stereocenters. The molecular weight excluding hydrogens is 298 g/mol. The number of aliphatic hydroxyl groups is 2. The van der Waals surface area contributed by atoms with Gasteiger partial charge in [0.1, 0.15) is 6.10 Å². The van der Waals surface area contributed by atoms with Gasteiger partial charge in [-0.15, -0.1) is 0 Å². The Morgan fingerprint density at radius 1 is 1.18 bits per heavy atom. The van der Waals surface area contributed by atoms with Crippen molar-refractivity contribution in [3.8, 4) is 0 Å². The van der Waals surface area contributed by atoms with Gasteiger partial charge in [-0.2, -0.15) is 0 Å². The van der Waals surface area contributed by atoms with Gasteiger partial charge in [0.15, 0.2) is 12.3 Å². The maximum absolute atomic E-state index is 12.0. The Morgan fingerprint density at radius 2 is 1.68 bits per heavy atom. The van der Waals surface area contributed by atoms with Gasteiger partial charge < -0.3 is 19.8 Å². The molecule has 1 rings (SSSR count). The molecule has 0 fully saturated rings. The van der Waals surface area contributed by atoms with Gasteiger partial charge in [-0.1, -0.05) is 41.5 Å². The average molecular weight is 332 g/mol. The molecule has 0 unspecified atom stereocenters. The normalized spacial score (nSPS) is 24.4. The second-order valence-electron chi connectivity index (χ2n) is 7.39. The van der Waals surface area contributed by atoms with E-state index >= 15 is 0 Å². The molecular formula is C16H33NO4Si. The van der Waals surface area contributed by atoms with E-state index in [4.69, 9.17) is 9.53 Å². The Morgan fingerprint density at radius 3 is 2.09 bits per heavy atom. The summed E-state index contributed by atoms with van der Waals surface area (Å²) in [5.41, 5.74) is 1.37. The first-order valence-corrected chi connectivity index (χ1v) is 10.6. The van der Waals surface area contributed by atoms with Crippen molar-refractivity contribution in [1.29, 1.82) is 0 Å². The minimum atomic E-state index is -2.05. The molecule has 1 aliphatic heterocycles. The van der Waals surface area contributed by atoms with Crippen LogP contribution in [-0.4, -0.2) is 54.3 Å². The van der Waals surface area contributed by atoms with Gasteiger partial charge in [0.25, 0.3) is 0 Å². The predicted octanol–water partition coefficient (Wildman–Crippen LogP) is 2.64. The molecule has 0 radical (unpaired) electrons. The zero-order chi connectivity index (χ0) is 17.1. The lowest BCUT2D eigenvalue weighted by atomic mass is 10.1. The van der Waals surface area contributed by atoms with Gasteiger partial charge in [0.2, 0.25) is 8.32 Å². The predicted molar refractivity (Wildman–Crippen MR) is 91.7 cm³/mol. The molecule has 0 saturated heterocycles. The summed E-state index contributed by atoms with van der Waals surface area (Å²) in [6.45, 7) is 13.0. The van der Waals surface area contributed by atoms with Crippen LogP contribution in [0.4, 0.5) is 0 Å². The first-order chi connectivity index (χ1) is 10.2. The number of hydroxylamine groups is 1. The van der Waals surface area contributed by atoms with Crippen LogP contribution in [0.15, 0.2) is 0 Å². The van der Waals surface area contributed by atoms with Gasteiger partial charge >= 0.3 is 0 Å². The molecule has 1 heterocycles. The number of hydrogen-bond acceptors (Lipinski definition) is 4. The summed E-state index contributed by atoms with van der Waals surface area (Å²) in [6, 6.07) is -0.398. The molecule has 130 valence electrons. The van der Waals surface area contributed by atoms with E-state index in [9.17, 15) is 10.3 Å². The van der Waals surface area contributed by atoms with E-state index in [0.29, 0.717) is 23.0 Å². The molecule has 0 saturated carbocycles. The van der Waals surface area contributed by atoms with E-state index in [-0.39, 0.29) is 19.1 Å². The highest BCUT2D eigenvalue weighted by molar-refractivity contribution is 6.77. The summed E-state index contributed by atoms with van der Waals surface area (Å²) in [4.78, 5) is 0. The highest BCUT2D eigenvalue weighted by Crippen LogP contribution is 2.44. The van der Waals surface area contributed by atoms with E-state index in [1.54, 1.807) is 6.21 Å². The van der Waals surface area contributed by atoms with E-state index in [2.05, 4.69) is 41.5 Å². The Hall–Kier alpha value is -0.433. The van der Waals surface area contributed by atoms with Crippen LogP contribution in [0, 0.1) is 5.21 Å². The Balaban J connectivity index is 2.97. The monoisotopic (exact) mass is 331 g/mol. The smallest absolute Gasteiger partial charge is 0.201 e. The molecule has 0 aliphatic carbocycles. The molecule has 2 N–H and O–H groups in total. The molecule has 0 aromatic rings. The van der Waals surface area contributed by atoms with Crippen molar-refractivity contribution in [1.82, 2.24) is 0 Å². The van der Waals surface area contributed by atoms with Crippen LogP contribution in [0.2, 0.25) is 16.6 Å². The van der Waals surface area contributed by atoms with Crippen molar-refractivity contribution in [2.24, 2.45) is 0 Å². The molecule has 0 amide bonds. The largest absolute Gasteiger partial charge is 0.624 e. The fourth-order valence-corrected chi connectivity index (χ4v) is 9.66. The number of hydrogen-bond donors (Lipinski definition) is 2. The van der Waals surface area contributed by atoms with Crippen LogP contribution in [-0.2, 0) is 4.43 Å². The maximum atomic E-state index is 12.0. The molecule has 22 heavy (non-hydrogen) atoms. The highest BCUT2D eigenvalue weighted by Gasteiger charge is 2.50. The summed E-state index contributed by atoms with van der Waals surface area (Å²) >= 11 is 0. The maximum Gasteiger partial charge on any atom is 0.201 e. The summed E-state index contributed by atoms with van der Waals surface area (Å²) in [5, 5.41) is 30.8. The van der Waals surface area contributed by atoms with E-state index < -0.39 is 20.5 Å². The summed E-state index contributed by atoms with van der Waals surface area (Å²) in [7, 11) is -2.05. The molecule has 0 aromatic carbocycles. The molecule has 6 heteroatoms. The van der Waals surface area contributed by atoms with Crippen molar-refractivity contribution >= 4 is 14.5 Å². The van der Waals surface area contributed by atoms with Crippen LogP contribution in [0.1, 0.15) is 54.4 Å². The van der Waals surface area contributed by atoms with Gasteiger partial charge in [0, 0.05) is 6.42 Å². The molecule has 0 spiro atoms. The van der Waals surface area contributed by atoms with Crippen molar-refractivity contribution < 1.29 is 19.4 Å². The quantitative estimate of drug-likeness (QED) is 0.407. The second-order valence-corrected chi connectivity index (χ2v) is 12.8. The van der Waals surface area contributed by atoms with Crippen molar-refractivity contribution in [2.75, 3.05) is 6.61 Å². The summed E-state index contributed by atoms with van der Waals surface area (Å²) < 4.78 is 7.59. The number of nitrogens with zero attached hydrogens (tertiary/aromatic N) is 1. The number of aliphatic hydroxyl groups excluding tert-OH is 2. The van der Waals surface area contributed by atoms with E-state index in [1.165, 1.54) is 0 Å². The third kappa shape index (κ3) is 3.90. The minimum absolute atomic E-state index is 0.183. The van der Waals surface area contributed by atoms with E-state index in [0.717, 1.165) is 4.74 Å². The lowest BCUT2D eigenvalue weighted by Crippen LogP contribution is -2.52. The zero-order valence-electron chi connectivity index (χ0n) is 14.8. The highest BCUT2D eigenvalue weighted by atomic mass is 28.4. The lowest BCUT2D eigenvalue weighted by Gasteiger charge is -2.44. The number of rotatable bonds is 8. The van der Waals surface area contributed by atoms with Gasteiger partial charge in [0.05, 0.1) is 19.1 Å². The summed E-state index contributed by atoms with van der Waals surface area (Å²) in [5.74, 6) is 0. The Kier molecular flexibility index (Phi) is 7.04. The third-order valence-electron chi connectivity index (χ3n) is 5.06. The van der Waals surface area contributed by atoms with Gasteiger partial charge in [-0.05, 0) is 16.6 Å². The lowest BCUT2D eigenvalue weighted by molar-refractivity contribution is -0.499. The van der Waals surface area contributed by atoms with Crippen LogP contribution in [0.5, 0.6) is 0 Å². The summed E-state index contributed by atoms with van der Waals surface area (Å²) in [6.07, 6.45) is 1.40. The Bertz CT molecular complexity index is 363. The molecule has 5 nitrogen and oxygen atoms in total. The van der Waals surface area contributed by atoms with Gasteiger partial charge in [-0.3, -0.25) is 0 Å². The fourth-order valence-electron chi connectivity index (χ4n) is 4.07. The first-order valence-electron chi connectivity index (χ1n) is 8.42. The van der Waals surface area contributed by atoms with E-state index in [1.807, 2.05) is 0 Å². The molecule has 0 bridgehead atoms. The minimum Gasteiger partial charge on any atom is -0.624 e. The van der Waals surface area contributed by atoms with Crippen molar-refractivity contribution in [2.45, 2.75) is 89.3 Å². The van der Waals surface area contributed by atoms with Crippen LogP contribution >= 0.6 is 0 Å². The van der Waals surface area contributed by atoms with Crippen LogP contribution in [0.3, 0.4) is 0 Å². The van der Waals surface area contributed by atoms with Gasteiger partial charge in [-0.25, -0.2) is 4.74 Å². The second kappa shape index (κ2) is 7.90. The fraction of sp³-hybridized carbons (Fsp3) is 0.938. The van der Waals surface area contributed by atoms with Crippen molar-refractivity contribution in [3.05, 3.63) is 5.21 Å². The topological polar surface area (TPSA) is 75.8 Å². The molecule has 0 aromatic heterocycles. The average Bonchev–Trinajstić information content (AvgIpc) is 2.75. The zero-order valence-corrected chi connectivity index (χ0v) is 15.8. The third-order valence-corrected chi connectivity index (χ3v) is 11.2. The molecule has 1 aliphatic rings. The first kappa shape index (κ1) is 19.6. The Labute approximate surface area is 135 Å².